The summed E-state index contributed by atoms with van der Waals surface area (Å²) in [5.41, 5.74) is 2.76. The molecule has 1 aliphatic carbocycles. The van der Waals surface area contributed by atoms with Gasteiger partial charge in [-0.25, -0.2) is 10.2 Å². The van der Waals surface area contributed by atoms with Crippen molar-refractivity contribution >= 4 is 34.9 Å². The number of carboxylic acid groups (broad SMARTS) is 1. The van der Waals surface area contributed by atoms with E-state index in [1.54, 1.807) is 12.2 Å². The van der Waals surface area contributed by atoms with Gasteiger partial charge in [0.15, 0.2) is 0 Å². The van der Waals surface area contributed by atoms with E-state index in [1.165, 1.54) is 6.34 Å². The number of nitrogens with two attached hydrogens (primary N) is 2. The van der Waals surface area contributed by atoms with Gasteiger partial charge in [-0.1, -0.05) is 42.5 Å². The first kappa shape index (κ1) is 19.1. The number of hydrazone groups is 1. The standard InChI is InChI=1S/C12H16IN4O2.Cr/c1-8-3-4-12(2,13)6-9(11(18)19)10(5-8)17(15)7-16-14;/h3-7H,14-15H2,1-2H3,(H,18,19);/q-1;/p+1/b4-3-,9-6+,10-5+;. The van der Waals surface area contributed by atoms with Crippen molar-refractivity contribution in [1.82, 2.24) is 5.43 Å². The Morgan fingerprint density at radius 2 is 2.25 bits per heavy atom. The Kier molecular flexibility index (Phi) is 7.37. The van der Waals surface area contributed by atoms with Crippen LogP contribution in [0.2, 0.25) is 0 Å². The number of aliphatic carboxylic acids is 1. The van der Waals surface area contributed by atoms with Crippen LogP contribution in [0.15, 0.2) is 35.6 Å². The van der Waals surface area contributed by atoms with E-state index in [0.29, 0.717) is 5.70 Å². The molecule has 6 N–H and O–H groups in total. The number of carbonyl (C=O) groups is 1. The fraction of sp³-hybridized carbons (Fsp3) is 0.250. The van der Waals surface area contributed by atoms with Gasteiger partial charge in [-0.3, -0.25) is 5.84 Å². The number of carboxylic acids is 1. The summed E-state index contributed by atoms with van der Waals surface area (Å²) in [6.45, 7) is 3.78. The molecule has 1 aliphatic rings. The van der Waals surface area contributed by atoms with E-state index in [0.717, 1.165) is 10.6 Å². The zero-order chi connectivity index (χ0) is 14.6. The Morgan fingerprint density at radius 1 is 1.65 bits per heavy atom. The third-order valence-electron chi connectivity index (χ3n) is 2.46. The molecular weight excluding hydrogens is 411 g/mol. The van der Waals surface area contributed by atoms with Gasteiger partial charge in [-0.2, -0.15) is 28.6 Å². The zero-order valence-electron chi connectivity index (χ0n) is 11.1. The van der Waals surface area contributed by atoms with Gasteiger partial charge in [-0.05, 0) is 0 Å². The normalized spacial score (nSPS) is 29.8. The molecule has 1 atom stereocenters. The number of hydrogen-bond donors (Lipinski definition) is 4. The largest absolute Gasteiger partial charge is 0.478 e. The van der Waals surface area contributed by atoms with Crippen molar-refractivity contribution in [3.8, 4) is 0 Å². The maximum Gasteiger partial charge on any atom is 0.327 e. The van der Waals surface area contributed by atoms with Gasteiger partial charge < -0.3 is 5.11 Å². The van der Waals surface area contributed by atoms with E-state index in [9.17, 15) is 9.90 Å². The third-order valence-corrected chi connectivity index (χ3v) is 3.13. The third kappa shape index (κ3) is 5.21. The van der Waals surface area contributed by atoms with Gasteiger partial charge in [-0.15, -0.1) is 6.08 Å². The summed E-state index contributed by atoms with van der Waals surface area (Å²) in [7, 11) is 0. The van der Waals surface area contributed by atoms with Crippen molar-refractivity contribution in [3.05, 3.63) is 41.5 Å². The summed E-state index contributed by atoms with van der Waals surface area (Å²) in [6.07, 6.45) is 8.48. The number of rotatable bonds is 3. The predicted octanol–water partition coefficient (Wildman–Crippen LogP) is 0.614. The van der Waals surface area contributed by atoms with Crippen LogP contribution in [0.1, 0.15) is 13.8 Å². The summed E-state index contributed by atoms with van der Waals surface area (Å²) >= 11 is 2.17. The molecule has 0 saturated heterocycles. The van der Waals surface area contributed by atoms with Gasteiger partial charge in [0, 0.05) is 26.4 Å². The summed E-state index contributed by atoms with van der Waals surface area (Å²) in [4.78, 5) is 11.4. The minimum atomic E-state index is -1.04. The number of hydrazine groups is 2. The molecule has 1 rings (SSSR count). The summed E-state index contributed by atoms with van der Waals surface area (Å²) in [5.74, 6) is 10.8. The Bertz CT molecular complexity index is 498. The first-order chi connectivity index (χ1) is 8.76. The fourth-order valence-electron chi connectivity index (χ4n) is 1.57. The second-order valence-electron chi connectivity index (χ2n) is 4.32. The first-order valence-electron chi connectivity index (χ1n) is 5.50. The molecule has 20 heavy (non-hydrogen) atoms. The van der Waals surface area contributed by atoms with Gasteiger partial charge in [0.05, 0.1) is 5.70 Å². The van der Waals surface area contributed by atoms with E-state index >= 15 is 0 Å². The average Bonchev–Trinajstić information content (AvgIpc) is 2.29. The van der Waals surface area contributed by atoms with Gasteiger partial charge in [0.1, 0.15) is 0 Å². The molecule has 0 heterocycles. The van der Waals surface area contributed by atoms with Crippen molar-refractivity contribution in [1.29, 1.82) is 0 Å². The van der Waals surface area contributed by atoms with Crippen molar-refractivity contribution < 1.29 is 31.9 Å². The quantitative estimate of drug-likeness (QED) is 0.0772. The second-order valence-corrected chi connectivity index (χ2v) is 6.65. The molecule has 110 valence electrons. The topological polar surface area (TPSA) is 104 Å². The van der Waals surface area contributed by atoms with Crippen LogP contribution in [-0.2, 0) is 22.2 Å². The van der Waals surface area contributed by atoms with Crippen molar-refractivity contribution in [3.63, 3.8) is 0 Å². The first-order valence-corrected chi connectivity index (χ1v) is 6.58. The predicted molar refractivity (Wildman–Crippen MR) is 82.1 cm³/mol. The minimum Gasteiger partial charge on any atom is -0.478 e. The Hall–Kier alpha value is -0.948. The van der Waals surface area contributed by atoms with Gasteiger partial charge in [0.2, 0.25) is 0 Å². The van der Waals surface area contributed by atoms with Crippen molar-refractivity contribution in [2.24, 2.45) is 11.7 Å². The molecular formula is C12H17CrIN4O2. The van der Waals surface area contributed by atoms with Crippen molar-refractivity contribution in [2.45, 2.75) is 17.3 Å². The van der Waals surface area contributed by atoms with Crippen LogP contribution in [0.3, 0.4) is 0 Å². The molecule has 0 amide bonds. The molecule has 8 heteroatoms. The molecule has 0 fully saturated rings. The van der Waals surface area contributed by atoms with E-state index in [-0.39, 0.29) is 22.9 Å². The number of nitrogens with zero attached hydrogens (tertiary/aromatic N) is 1. The Morgan fingerprint density at radius 3 is 2.75 bits per heavy atom. The molecule has 0 saturated carbocycles. The van der Waals surface area contributed by atoms with Crippen LogP contribution >= 0.6 is 22.6 Å². The molecule has 6 nitrogen and oxygen atoms in total. The zero-order valence-corrected chi connectivity index (χ0v) is 14.6. The number of nitrogens with one attached hydrogen (secondary N) is 1. The van der Waals surface area contributed by atoms with Crippen LogP contribution in [-0.4, -0.2) is 25.5 Å². The summed E-state index contributed by atoms with van der Waals surface area (Å²) < 4.78 is 0.735. The molecule has 0 aromatic heterocycles. The van der Waals surface area contributed by atoms with E-state index in [4.69, 9.17) is 11.7 Å². The number of allylic oxidation sites excluding steroid dienone is 4. The van der Waals surface area contributed by atoms with Crippen LogP contribution in [0.5, 0.6) is 0 Å². The molecule has 0 spiro atoms. The van der Waals surface area contributed by atoms with E-state index in [1.807, 2.05) is 26.0 Å². The molecule has 0 bridgehead atoms. The maximum atomic E-state index is 11.4. The average molecular weight is 428 g/mol. The SMILES string of the molecule is C[C-]1/C=C\C(C)(I)\C=C(C(=O)O)/C([N+](/N)=C/NN)=C\1.[Cr]. The Labute approximate surface area is 142 Å². The molecule has 0 aromatic rings. The summed E-state index contributed by atoms with van der Waals surface area (Å²) in [6, 6.07) is 0. The number of alkyl halides is 1. The maximum absolute atomic E-state index is 11.4. The monoisotopic (exact) mass is 428 g/mol. The second kappa shape index (κ2) is 7.73. The van der Waals surface area contributed by atoms with Crippen LogP contribution < -0.4 is 17.1 Å². The molecule has 1 unspecified atom stereocenters. The number of halogens is 1. The Balaban J connectivity index is 0.00000361. The fourth-order valence-corrected chi connectivity index (χ4v) is 2.07. The smallest absolute Gasteiger partial charge is 0.327 e. The molecule has 0 aliphatic heterocycles. The molecule has 0 radical (unpaired) electrons. The molecule has 0 aromatic carbocycles. The van der Waals surface area contributed by atoms with Crippen LogP contribution in [0.25, 0.3) is 0 Å². The van der Waals surface area contributed by atoms with Crippen molar-refractivity contribution in [2.75, 3.05) is 0 Å². The van der Waals surface area contributed by atoms with Crippen LogP contribution in [0.4, 0.5) is 0 Å². The summed E-state index contributed by atoms with van der Waals surface area (Å²) in [5, 5.41) is 9.37. The van der Waals surface area contributed by atoms with Gasteiger partial charge in [0.25, 0.3) is 6.34 Å². The van der Waals surface area contributed by atoms with E-state index in [2.05, 4.69) is 28.0 Å². The number of hydrogen-bond acceptors (Lipinski definition) is 3. The van der Waals surface area contributed by atoms with Gasteiger partial charge >= 0.3 is 5.97 Å². The van der Waals surface area contributed by atoms with E-state index < -0.39 is 9.39 Å². The minimum absolute atomic E-state index is 0. The van der Waals surface area contributed by atoms with Crippen LogP contribution in [0, 0.1) is 5.92 Å².